The molecule has 2 aromatic rings. The van der Waals surface area contributed by atoms with Gasteiger partial charge in [-0.25, -0.2) is 8.42 Å². The van der Waals surface area contributed by atoms with Crippen LogP contribution in [0, 0.1) is 0 Å². The van der Waals surface area contributed by atoms with E-state index in [4.69, 9.17) is 11.6 Å². The summed E-state index contributed by atoms with van der Waals surface area (Å²) in [5, 5.41) is 10.4. The molecule has 0 aliphatic carbocycles. The molecule has 10 heteroatoms. The van der Waals surface area contributed by atoms with Crippen LogP contribution in [0.5, 0.6) is 0 Å². The second kappa shape index (κ2) is 7.60. The number of halogens is 5. The Balaban J connectivity index is 1.83. The lowest BCUT2D eigenvalue weighted by Gasteiger charge is -2.38. The normalized spacial score (nSPS) is 18.2. The van der Waals surface area contributed by atoms with Gasteiger partial charge in [0.05, 0.1) is 21.1 Å². The third-order valence-corrected chi connectivity index (χ3v) is 7.51. The van der Waals surface area contributed by atoms with E-state index in [1.54, 1.807) is 12.1 Å². The van der Waals surface area contributed by atoms with E-state index in [1.165, 1.54) is 22.5 Å². The van der Waals surface area contributed by atoms with Crippen LogP contribution in [0.3, 0.4) is 0 Å². The molecule has 2 aromatic carbocycles. The van der Waals surface area contributed by atoms with Gasteiger partial charge in [0, 0.05) is 17.6 Å². The predicted octanol–water partition coefficient (Wildman–Crippen LogP) is 4.79. The Kier molecular flexibility index (Phi) is 5.86. The Labute approximate surface area is 174 Å². The summed E-state index contributed by atoms with van der Waals surface area (Å²) >= 11 is 8.87. The number of piperidine rings is 1. The van der Waals surface area contributed by atoms with Crippen molar-refractivity contribution in [1.29, 1.82) is 0 Å². The highest BCUT2D eigenvalue weighted by Crippen LogP contribution is 2.40. The Morgan fingerprint density at radius 3 is 2.32 bits per heavy atom. The van der Waals surface area contributed by atoms with E-state index in [-0.39, 0.29) is 36.4 Å². The van der Waals surface area contributed by atoms with E-state index in [2.05, 4.69) is 15.9 Å². The topological polar surface area (TPSA) is 57.6 Å². The third-order valence-electron chi connectivity index (χ3n) is 4.79. The van der Waals surface area contributed by atoms with Gasteiger partial charge >= 0.3 is 6.18 Å². The van der Waals surface area contributed by atoms with Crippen molar-refractivity contribution >= 4 is 37.6 Å². The van der Waals surface area contributed by atoms with E-state index in [0.717, 1.165) is 12.1 Å². The summed E-state index contributed by atoms with van der Waals surface area (Å²) in [7, 11) is -3.76. The van der Waals surface area contributed by atoms with Crippen molar-refractivity contribution in [1.82, 2.24) is 4.31 Å². The first kappa shape index (κ1) is 21.6. The first-order chi connectivity index (χ1) is 12.9. The van der Waals surface area contributed by atoms with Gasteiger partial charge in [-0.3, -0.25) is 0 Å². The van der Waals surface area contributed by atoms with Gasteiger partial charge in [0.1, 0.15) is 0 Å². The van der Waals surface area contributed by atoms with Gasteiger partial charge in [-0.15, -0.1) is 0 Å². The van der Waals surface area contributed by atoms with Crippen LogP contribution in [0.15, 0.2) is 51.8 Å². The van der Waals surface area contributed by atoms with Crippen molar-refractivity contribution in [2.24, 2.45) is 0 Å². The molecule has 28 heavy (non-hydrogen) atoms. The number of aliphatic hydroxyl groups is 1. The molecular weight excluding hydrogens is 483 g/mol. The molecule has 0 bridgehead atoms. The summed E-state index contributed by atoms with van der Waals surface area (Å²) < 4.78 is 66.7. The van der Waals surface area contributed by atoms with E-state index in [0.29, 0.717) is 4.47 Å². The lowest BCUT2D eigenvalue weighted by Crippen LogP contribution is -2.45. The van der Waals surface area contributed by atoms with Gasteiger partial charge in [0.15, 0.2) is 0 Å². The molecule has 0 unspecified atom stereocenters. The number of rotatable bonds is 3. The van der Waals surface area contributed by atoms with Crippen LogP contribution in [0.1, 0.15) is 24.0 Å². The maximum Gasteiger partial charge on any atom is 0.417 e. The van der Waals surface area contributed by atoms with E-state index >= 15 is 0 Å². The number of sulfonamides is 1. The van der Waals surface area contributed by atoms with E-state index in [1.807, 2.05) is 0 Å². The van der Waals surface area contributed by atoms with Gasteiger partial charge in [0.25, 0.3) is 0 Å². The average molecular weight is 499 g/mol. The molecular formula is C18H16BrClF3NO3S. The van der Waals surface area contributed by atoms with E-state index < -0.39 is 32.4 Å². The first-order valence-corrected chi connectivity index (χ1v) is 10.9. The summed E-state index contributed by atoms with van der Waals surface area (Å²) in [5.74, 6) is 0. The SMILES string of the molecule is O=S(=O)(c1cccc(Br)c1)N1CCC(O)(c2ccc(Cl)c(C(F)(F)F)c2)CC1. The highest BCUT2D eigenvalue weighted by molar-refractivity contribution is 9.10. The first-order valence-electron chi connectivity index (χ1n) is 8.29. The highest BCUT2D eigenvalue weighted by Gasteiger charge is 2.40. The van der Waals surface area contributed by atoms with Crippen LogP contribution in [0.25, 0.3) is 0 Å². The molecule has 3 rings (SSSR count). The maximum atomic E-state index is 13.1. The summed E-state index contributed by atoms with van der Waals surface area (Å²) in [6.07, 6.45) is -4.70. The standard InChI is InChI=1S/C18H16BrClF3NO3S/c19-13-2-1-3-14(11-13)28(26,27)24-8-6-17(25,7-9-24)12-4-5-16(20)15(10-12)18(21,22)23/h1-5,10-11,25H,6-9H2. The monoisotopic (exact) mass is 497 g/mol. The highest BCUT2D eigenvalue weighted by atomic mass is 79.9. The van der Waals surface area contributed by atoms with Gasteiger partial charge in [-0.2, -0.15) is 17.5 Å². The van der Waals surface area contributed by atoms with Gasteiger partial charge in [-0.1, -0.05) is 39.7 Å². The second-order valence-electron chi connectivity index (χ2n) is 6.59. The van der Waals surface area contributed by atoms with Crippen molar-refractivity contribution in [2.45, 2.75) is 29.5 Å². The zero-order valence-corrected chi connectivity index (χ0v) is 17.5. The molecule has 0 amide bonds. The molecule has 1 aliphatic rings. The average Bonchev–Trinajstić information content (AvgIpc) is 2.61. The maximum absolute atomic E-state index is 13.1. The third kappa shape index (κ3) is 4.23. The van der Waals surface area contributed by atoms with Crippen LogP contribution in [-0.2, 0) is 21.8 Å². The van der Waals surface area contributed by atoms with Crippen LogP contribution in [0.4, 0.5) is 13.2 Å². The fourth-order valence-corrected chi connectivity index (χ4v) is 5.46. The number of hydrogen-bond acceptors (Lipinski definition) is 3. The van der Waals surface area contributed by atoms with Crippen molar-refractivity contribution in [2.75, 3.05) is 13.1 Å². The number of nitrogens with zero attached hydrogens (tertiary/aromatic N) is 1. The Morgan fingerprint density at radius 2 is 1.75 bits per heavy atom. The predicted molar refractivity (Wildman–Crippen MR) is 102 cm³/mol. The van der Waals surface area contributed by atoms with Crippen LogP contribution in [-0.4, -0.2) is 30.9 Å². The minimum Gasteiger partial charge on any atom is -0.385 e. The molecule has 1 N–H and O–H groups in total. The molecule has 0 aromatic heterocycles. The van der Waals surface area contributed by atoms with Crippen molar-refractivity contribution < 1.29 is 26.7 Å². The molecule has 152 valence electrons. The Hall–Kier alpha value is -1.13. The quantitative estimate of drug-likeness (QED) is 0.662. The molecule has 0 radical (unpaired) electrons. The fourth-order valence-electron chi connectivity index (χ4n) is 3.19. The minimum atomic E-state index is -4.64. The van der Waals surface area contributed by atoms with Crippen LogP contribution in [0.2, 0.25) is 5.02 Å². The summed E-state index contributed by atoms with van der Waals surface area (Å²) in [4.78, 5) is 0.109. The Bertz CT molecular complexity index is 990. The van der Waals surface area contributed by atoms with Crippen molar-refractivity contribution in [3.05, 3.63) is 63.1 Å². The van der Waals surface area contributed by atoms with Gasteiger partial charge in [-0.05, 0) is 48.7 Å². The molecule has 0 saturated carbocycles. The van der Waals surface area contributed by atoms with Crippen molar-refractivity contribution in [3.8, 4) is 0 Å². The molecule has 1 saturated heterocycles. The summed E-state index contributed by atoms with van der Waals surface area (Å²) in [6, 6.07) is 9.52. The molecule has 1 heterocycles. The lowest BCUT2D eigenvalue weighted by atomic mass is 9.84. The summed E-state index contributed by atoms with van der Waals surface area (Å²) in [6.45, 7) is -0.0371. The molecule has 1 fully saturated rings. The number of benzene rings is 2. The molecule has 0 atom stereocenters. The smallest absolute Gasteiger partial charge is 0.385 e. The zero-order valence-electron chi connectivity index (χ0n) is 14.4. The lowest BCUT2D eigenvalue weighted by molar-refractivity contribution is -0.137. The molecule has 4 nitrogen and oxygen atoms in total. The Morgan fingerprint density at radius 1 is 1.11 bits per heavy atom. The van der Waals surface area contributed by atoms with E-state index in [9.17, 15) is 26.7 Å². The van der Waals surface area contributed by atoms with Crippen molar-refractivity contribution in [3.63, 3.8) is 0 Å². The zero-order chi connectivity index (χ0) is 20.7. The van der Waals surface area contributed by atoms with Crippen LogP contribution >= 0.6 is 27.5 Å². The second-order valence-corrected chi connectivity index (χ2v) is 9.85. The van der Waals surface area contributed by atoms with Crippen LogP contribution < -0.4 is 0 Å². The number of alkyl halides is 3. The summed E-state index contributed by atoms with van der Waals surface area (Å²) in [5.41, 5.74) is -2.51. The largest absolute Gasteiger partial charge is 0.417 e. The van der Waals surface area contributed by atoms with Gasteiger partial charge in [0.2, 0.25) is 10.0 Å². The number of hydrogen-bond donors (Lipinski definition) is 1. The fraction of sp³-hybridized carbons (Fsp3) is 0.333. The molecule has 1 aliphatic heterocycles. The molecule has 0 spiro atoms. The van der Waals surface area contributed by atoms with Gasteiger partial charge < -0.3 is 5.11 Å². The minimum absolute atomic E-state index is 0.0185.